The lowest BCUT2D eigenvalue weighted by atomic mass is 10.1. The first-order valence-corrected chi connectivity index (χ1v) is 3.66. The maximum atomic E-state index is 12.6. The Kier molecular flexibility index (Phi) is 3.17. The molecule has 1 nitrogen and oxygen atoms in total. The van der Waals surface area contributed by atoms with Crippen LogP contribution in [0.15, 0.2) is 18.2 Å². The van der Waals surface area contributed by atoms with E-state index in [-0.39, 0.29) is 12.2 Å². The molecule has 0 aliphatic heterocycles. The SMILES string of the molecule is [CH2]Cc1cc(F)ccc1OC(F)F. The molecule has 4 heteroatoms. The van der Waals surface area contributed by atoms with Gasteiger partial charge in [0.25, 0.3) is 0 Å². The van der Waals surface area contributed by atoms with Crippen LogP contribution < -0.4 is 4.74 Å². The molecule has 0 aliphatic carbocycles. The average molecular weight is 189 g/mol. The third-order valence-electron chi connectivity index (χ3n) is 1.51. The second-order valence-electron chi connectivity index (χ2n) is 2.38. The molecule has 0 N–H and O–H groups in total. The molecule has 13 heavy (non-hydrogen) atoms. The summed E-state index contributed by atoms with van der Waals surface area (Å²) in [5.74, 6) is -0.508. The van der Waals surface area contributed by atoms with Crippen molar-refractivity contribution >= 4 is 0 Å². The van der Waals surface area contributed by atoms with Crippen LogP contribution in [0, 0.1) is 12.7 Å². The number of halogens is 3. The first-order valence-electron chi connectivity index (χ1n) is 3.66. The highest BCUT2D eigenvalue weighted by molar-refractivity contribution is 5.34. The molecule has 0 aromatic heterocycles. The number of ether oxygens (including phenoxy) is 1. The van der Waals surface area contributed by atoms with Crippen molar-refractivity contribution in [2.75, 3.05) is 0 Å². The zero-order chi connectivity index (χ0) is 9.84. The van der Waals surface area contributed by atoms with E-state index in [0.29, 0.717) is 5.56 Å². The molecule has 0 bridgehead atoms. The van der Waals surface area contributed by atoms with Crippen molar-refractivity contribution in [2.45, 2.75) is 13.0 Å². The Bertz CT molecular complexity index is 286. The van der Waals surface area contributed by atoms with Gasteiger partial charge in [0, 0.05) is 0 Å². The van der Waals surface area contributed by atoms with Gasteiger partial charge in [-0.3, -0.25) is 0 Å². The van der Waals surface area contributed by atoms with Crippen molar-refractivity contribution in [1.29, 1.82) is 0 Å². The summed E-state index contributed by atoms with van der Waals surface area (Å²) in [7, 11) is 0. The molecule has 0 unspecified atom stereocenters. The maximum absolute atomic E-state index is 12.6. The Balaban J connectivity index is 2.92. The Labute approximate surface area is 74.1 Å². The van der Waals surface area contributed by atoms with Crippen LogP contribution in [0.3, 0.4) is 0 Å². The molecule has 0 heterocycles. The zero-order valence-corrected chi connectivity index (χ0v) is 6.77. The fourth-order valence-corrected chi connectivity index (χ4v) is 0.954. The molecule has 71 valence electrons. The molecule has 0 saturated heterocycles. The van der Waals surface area contributed by atoms with E-state index in [2.05, 4.69) is 11.7 Å². The number of benzene rings is 1. The first kappa shape index (κ1) is 9.89. The molecule has 1 aromatic rings. The van der Waals surface area contributed by atoms with Crippen molar-refractivity contribution in [1.82, 2.24) is 0 Å². The number of hydrogen-bond acceptors (Lipinski definition) is 1. The molecular formula is C9H8F3O. The Hall–Kier alpha value is -1.19. The maximum Gasteiger partial charge on any atom is 0.387 e. The van der Waals surface area contributed by atoms with Crippen molar-refractivity contribution in [3.63, 3.8) is 0 Å². The van der Waals surface area contributed by atoms with Gasteiger partial charge in [-0.25, -0.2) is 4.39 Å². The minimum absolute atomic E-state index is 0.0219. The highest BCUT2D eigenvalue weighted by Crippen LogP contribution is 2.21. The van der Waals surface area contributed by atoms with Crippen LogP contribution in [-0.2, 0) is 6.42 Å². The van der Waals surface area contributed by atoms with Crippen molar-refractivity contribution in [3.05, 3.63) is 36.5 Å². The normalized spacial score (nSPS) is 10.5. The minimum Gasteiger partial charge on any atom is -0.435 e. The fourth-order valence-electron chi connectivity index (χ4n) is 0.954. The summed E-state index contributed by atoms with van der Waals surface area (Å²) >= 11 is 0. The highest BCUT2D eigenvalue weighted by Gasteiger charge is 2.08. The molecule has 0 amide bonds. The standard InChI is InChI=1S/C9H8F3O/c1-2-6-5-7(10)3-4-8(6)13-9(11)12/h3-5,9H,1-2H2. The summed E-state index contributed by atoms with van der Waals surface area (Å²) in [6.45, 7) is 0.581. The summed E-state index contributed by atoms with van der Waals surface area (Å²) in [4.78, 5) is 0. The van der Waals surface area contributed by atoms with Crippen LogP contribution in [-0.4, -0.2) is 6.61 Å². The minimum atomic E-state index is -2.89. The van der Waals surface area contributed by atoms with Gasteiger partial charge in [-0.1, -0.05) is 0 Å². The first-order chi connectivity index (χ1) is 6.13. The molecule has 1 radical (unpaired) electrons. The lowest BCUT2D eigenvalue weighted by Gasteiger charge is -2.08. The van der Waals surface area contributed by atoms with E-state index in [9.17, 15) is 13.2 Å². The molecular weight excluding hydrogens is 181 g/mol. The monoisotopic (exact) mass is 189 g/mol. The Morgan fingerprint density at radius 2 is 2.08 bits per heavy atom. The van der Waals surface area contributed by atoms with E-state index >= 15 is 0 Å². The summed E-state index contributed by atoms with van der Waals surface area (Å²) in [6, 6.07) is 3.36. The lowest BCUT2D eigenvalue weighted by Crippen LogP contribution is -2.04. The molecule has 1 rings (SSSR count). The smallest absolute Gasteiger partial charge is 0.387 e. The highest BCUT2D eigenvalue weighted by atomic mass is 19.3. The second kappa shape index (κ2) is 4.16. The van der Waals surface area contributed by atoms with Gasteiger partial charge in [0.2, 0.25) is 0 Å². The molecule has 0 aliphatic rings. The Morgan fingerprint density at radius 3 is 2.62 bits per heavy atom. The van der Waals surface area contributed by atoms with Crippen LogP contribution in [0.1, 0.15) is 5.56 Å². The van der Waals surface area contributed by atoms with Crippen LogP contribution in [0.25, 0.3) is 0 Å². The van der Waals surface area contributed by atoms with E-state index < -0.39 is 12.4 Å². The van der Waals surface area contributed by atoms with Gasteiger partial charge in [-0.15, -0.1) is 0 Å². The summed E-state index contributed by atoms with van der Waals surface area (Å²) in [6.07, 6.45) is 0.208. The van der Waals surface area contributed by atoms with Crippen molar-refractivity contribution in [3.8, 4) is 5.75 Å². The fraction of sp³-hybridized carbons (Fsp3) is 0.222. The van der Waals surface area contributed by atoms with Crippen LogP contribution >= 0.6 is 0 Å². The van der Waals surface area contributed by atoms with E-state index in [1.807, 2.05) is 0 Å². The lowest BCUT2D eigenvalue weighted by molar-refractivity contribution is -0.0504. The molecule has 0 spiro atoms. The predicted octanol–water partition coefficient (Wildman–Crippen LogP) is 2.80. The van der Waals surface area contributed by atoms with Gasteiger partial charge < -0.3 is 4.74 Å². The van der Waals surface area contributed by atoms with Gasteiger partial charge in [-0.2, -0.15) is 8.78 Å². The van der Waals surface area contributed by atoms with Crippen molar-refractivity contribution < 1.29 is 17.9 Å². The second-order valence-corrected chi connectivity index (χ2v) is 2.38. The summed E-state index contributed by atoms with van der Waals surface area (Å²) in [5, 5.41) is 0. The van der Waals surface area contributed by atoms with E-state index in [0.717, 1.165) is 12.1 Å². The molecule has 1 aromatic carbocycles. The third-order valence-corrected chi connectivity index (χ3v) is 1.51. The largest absolute Gasteiger partial charge is 0.435 e. The van der Waals surface area contributed by atoms with Gasteiger partial charge in [-0.05, 0) is 37.1 Å². The number of alkyl halides is 2. The van der Waals surface area contributed by atoms with E-state index in [1.165, 1.54) is 6.07 Å². The van der Waals surface area contributed by atoms with Crippen LogP contribution in [0.5, 0.6) is 5.75 Å². The van der Waals surface area contributed by atoms with Crippen LogP contribution in [0.2, 0.25) is 0 Å². The molecule has 0 saturated carbocycles. The van der Waals surface area contributed by atoms with Crippen molar-refractivity contribution in [2.24, 2.45) is 0 Å². The quantitative estimate of drug-likeness (QED) is 0.710. The third kappa shape index (κ3) is 2.65. The zero-order valence-electron chi connectivity index (χ0n) is 6.77. The summed E-state index contributed by atoms with van der Waals surface area (Å²) in [5.41, 5.74) is 0.334. The predicted molar refractivity (Wildman–Crippen MR) is 42.1 cm³/mol. The molecule has 0 atom stereocenters. The van der Waals surface area contributed by atoms with Crippen LogP contribution in [0.4, 0.5) is 13.2 Å². The van der Waals surface area contributed by atoms with Gasteiger partial charge >= 0.3 is 6.61 Å². The average Bonchev–Trinajstić information content (AvgIpc) is 2.07. The number of rotatable bonds is 3. The van der Waals surface area contributed by atoms with Gasteiger partial charge in [0.05, 0.1) is 0 Å². The number of hydrogen-bond donors (Lipinski definition) is 0. The Morgan fingerprint density at radius 1 is 1.38 bits per heavy atom. The van der Waals surface area contributed by atoms with Gasteiger partial charge in [0.1, 0.15) is 11.6 Å². The van der Waals surface area contributed by atoms with E-state index in [1.54, 1.807) is 0 Å². The topological polar surface area (TPSA) is 9.23 Å². The molecule has 0 fully saturated rings. The van der Waals surface area contributed by atoms with Gasteiger partial charge in [0.15, 0.2) is 0 Å². The summed E-state index contributed by atoms with van der Waals surface area (Å²) < 4.78 is 40.4. The van der Waals surface area contributed by atoms with E-state index in [4.69, 9.17) is 0 Å².